The van der Waals surface area contributed by atoms with Gasteiger partial charge in [-0.1, -0.05) is 0 Å². The summed E-state index contributed by atoms with van der Waals surface area (Å²) in [6, 6.07) is 15.9. The molecule has 0 bridgehead atoms. The van der Waals surface area contributed by atoms with E-state index in [-0.39, 0.29) is 26.9 Å². The average Bonchev–Trinajstić information content (AvgIpc) is 2.94. The minimum absolute atomic E-state index is 0.0433. The van der Waals surface area contributed by atoms with Crippen molar-refractivity contribution in [3.8, 4) is 11.5 Å². The number of carbonyl (C=O) groups excluding carboxylic acids is 1. The lowest BCUT2D eigenvalue weighted by atomic mass is 10.1. The van der Waals surface area contributed by atoms with Crippen LogP contribution in [-0.2, 0) is 20.0 Å². The van der Waals surface area contributed by atoms with Gasteiger partial charge >= 0.3 is 0 Å². The fourth-order valence-electron chi connectivity index (χ4n) is 4.20. The maximum atomic E-state index is 13.1. The molecule has 10 nitrogen and oxygen atoms in total. The third kappa shape index (κ3) is 6.82. The van der Waals surface area contributed by atoms with Crippen molar-refractivity contribution in [3.05, 3.63) is 72.3 Å². The molecule has 1 fully saturated rings. The zero-order chi connectivity index (χ0) is 28.0. The Morgan fingerprint density at radius 3 is 1.90 bits per heavy atom. The second-order valence-corrected chi connectivity index (χ2v) is 12.3. The van der Waals surface area contributed by atoms with Gasteiger partial charge < -0.3 is 14.4 Å². The van der Waals surface area contributed by atoms with Crippen LogP contribution in [0.5, 0.6) is 11.5 Å². The number of likely N-dealkylation sites (tertiary alicyclic amines) is 1. The second kappa shape index (κ2) is 12.0. The summed E-state index contributed by atoms with van der Waals surface area (Å²) in [6.07, 6.45) is 2.85. The Morgan fingerprint density at radius 2 is 1.33 bits per heavy atom. The molecule has 0 unspecified atom stereocenters. The molecule has 0 atom stereocenters. The predicted octanol–water partition coefficient (Wildman–Crippen LogP) is 4.32. The summed E-state index contributed by atoms with van der Waals surface area (Å²) in [7, 11) is -6.57. The quantitative estimate of drug-likeness (QED) is 0.369. The van der Waals surface area contributed by atoms with Crippen molar-refractivity contribution in [2.24, 2.45) is 0 Å². The Balaban J connectivity index is 1.50. The van der Waals surface area contributed by atoms with E-state index in [1.54, 1.807) is 29.2 Å². The van der Waals surface area contributed by atoms with Gasteiger partial charge in [-0.25, -0.2) is 16.8 Å². The van der Waals surface area contributed by atoms with Crippen LogP contribution in [0.1, 0.15) is 36.5 Å². The van der Waals surface area contributed by atoms with E-state index in [4.69, 9.17) is 9.47 Å². The van der Waals surface area contributed by atoms with E-state index in [0.717, 1.165) is 19.3 Å². The lowest BCUT2D eigenvalue weighted by Gasteiger charge is -2.27. The van der Waals surface area contributed by atoms with Crippen molar-refractivity contribution >= 4 is 37.3 Å². The number of rotatable bonds is 10. The van der Waals surface area contributed by atoms with Gasteiger partial charge in [0.25, 0.3) is 26.0 Å². The fourth-order valence-corrected chi connectivity index (χ4v) is 6.35. The number of sulfonamides is 2. The predicted molar refractivity (Wildman–Crippen MR) is 148 cm³/mol. The molecular formula is C27H31N3O7S2. The van der Waals surface area contributed by atoms with Gasteiger partial charge in [-0.3, -0.25) is 14.2 Å². The summed E-state index contributed by atoms with van der Waals surface area (Å²) >= 11 is 0. The first-order valence-electron chi connectivity index (χ1n) is 12.5. The van der Waals surface area contributed by atoms with Crippen molar-refractivity contribution in [3.63, 3.8) is 0 Å². The van der Waals surface area contributed by atoms with E-state index in [1.165, 1.54) is 49.6 Å². The Hall–Kier alpha value is -3.77. The number of ether oxygens (including phenoxy) is 2. The SMILES string of the molecule is CCOc1ccc(NS(=O)(=O)c2ccc(NS(=O)(=O)c3ccc(OC)c(C(=O)N4CCCCC4)c3)cc2)cc1. The molecule has 208 valence electrons. The van der Waals surface area contributed by atoms with E-state index in [1.807, 2.05) is 6.92 Å². The van der Waals surface area contributed by atoms with E-state index in [2.05, 4.69) is 9.44 Å². The molecule has 1 aliphatic rings. The highest BCUT2D eigenvalue weighted by molar-refractivity contribution is 7.93. The largest absolute Gasteiger partial charge is 0.496 e. The molecule has 0 saturated carbocycles. The minimum Gasteiger partial charge on any atom is -0.496 e. The Labute approximate surface area is 229 Å². The Morgan fingerprint density at radius 1 is 0.795 bits per heavy atom. The van der Waals surface area contributed by atoms with Gasteiger partial charge in [0, 0.05) is 24.5 Å². The number of hydrogen-bond acceptors (Lipinski definition) is 7. The lowest BCUT2D eigenvalue weighted by molar-refractivity contribution is 0.0720. The first kappa shape index (κ1) is 28.2. The van der Waals surface area contributed by atoms with Crippen LogP contribution in [0.15, 0.2) is 76.5 Å². The van der Waals surface area contributed by atoms with Crippen molar-refractivity contribution in [1.82, 2.24) is 4.90 Å². The molecule has 3 aromatic rings. The van der Waals surface area contributed by atoms with Crippen molar-refractivity contribution < 1.29 is 31.1 Å². The fraction of sp³-hybridized carbons (Fsp3) is 0.296. The van der Waals surface area contributed by atoms with Gasteiger partial charge in [-0.05, 0) is 92.9 Å². The summed E-state index contributed by atoms with van der Waals surface area (Å²) in [6.45, 7) is 3.57. The van der Waals surface area contributed by atoms with Crippen LogP contribution >= 0.6 is 0 Å². The number of benzene rings is 3. The molecule has 39 heavy (non-hydrogen) atoms. The van der Waals surface area contributed by atoms with Gasteiger partial charge in [0.2, 0.25) is 0 Å². The van der Waals surface area contributed by atoms with Crippen LogP contribution in [0, 0.1) is 0 Å². The number of anilines is 2. The molecule has 0 spiro atoms. The third-order valence-electron chi connectivity index (χ3n) is 6.19. The van der Waals surface area contributed by atoms with Crippen LogP contribution in [0.2, 0.25) is 0 Å². The molecule has 1 aliphatic heterocycles. The summed E-state index contributed by atoms with van der Waals surface area (Å²) in [5, 5.41) is 0. The van der Waals surface area contributed by atoms with Gasteiger partial charge in [0.1, 0.15) is 11.5 Å². The van der Waals surface area contributed by atoms with Crippen LogP contribution in [0.3, 0.4) is 0 Å². The number of nitrogens with one attached hydrogen (secondary N) is 2. The molecular weight excluding hydrogens is 542 g/mol. The van der Waals surface area contributed by atoms with Gasteiger partial charge in [-0.2, -0.15) is 0 Å². The Kier molecular flexibility index (Phi) is 8.66. The molecule has 0 aromatic heterocycles. The third-order valence-corrected chi connectivity index (χ3v) is 8.97. The number of nitrogens with zero attached hydrogens (tertiary/aromatic N) is 1. The highest BCUT2D eigenvalue weighted by atomic mass is 32.2. The summed E-state index contributed by atoms with van der Waals surface area (Å²) in [5.74, 6) is 0.634. The second-order valence-electron chi connectivity index (χ2n) is 8.91. The van der Waals surface area contributed by atoms with E-state index < -0.39 is 20.0 Å². The molecule has 1 saturated heterocycles. The summed E-state index contributed by atoms with van der Waals surface area (Å²) in [4.78, 5) is 14.6. The van der Waals surface area contributed by atoms with Crippen molar-refractivity contribution in [1.29, 1.82) is 0 Å². The first-order chi connectivity index (χ1) is 18.6. The monoisotopic (exact) mass is 573 g/mol. The van der Waals surface area contributed by atoms with E-state index >= 15 is 0 Å². The molecule has 3 aromatic carbocycles. The van der Waals surface area contributed by atoms with Crippen molar-refractivity contribution in [2.45, 2.75) is 36.0 Å². The van der Waals surface area contributed by atoms with Crippen LogP contribution in [-0.4, -0.2) is 54.4 Å². The molecule has 0 radical (unpaired) electrons. The highest BCUT2D eigenvalue weighted by Crippen LogP contribution is 2.27. The molecule has 1 amide bonds. The van der Waals surface area contributed by atoms with Crippen LogP contribution in [0.4, 0.5) is 11.4 Å². The number of carbonyl (C=O) groups is 1. The topological polar surface area (TPSA) is 131 Å². The first-order valence-corrected chi connectivity index (χ1v) is 15.5. The zero-order valence-electron chi connectivity index (χ0n) is 21.7. The number of amides is 1. The molecule has 0 aliphatic carbocycles. The standard InChI is InChI=1S/C27H31N3O7S2/c1-3-37-22-11-7-20(8-12-22)28-38(32,33)23-13-9-21(10-14-23)29-39(34,35)24-15-16-26(36-2)25(19-24)27(31)30-17-5-4-6-18-30/h7-16,19,28-29H,3-6,17-18H2,1-2H3. The lowest BCUT2D eigenvalue weighted by Crippen LogP contribution is -2.35. The van der Waals surface area contributed by atoms with Gasteiger partial charge in [0.05, 0.1) is 29.1 Å². The zero-order valence-corrected chi connectivity index (χ0v) is 23.3. The van der Waals surface area contributed by atoms with E-state index in [9.17, 15) is 21.6 Å². The summed E-state index contributed by atoms with van der Waals surface area (Å²) in [5.41, 5.74) is 0.691. The molecule has 4 rings (SSSR count). The smallest absolute Gasteiger partial charge is 0.261 e. The van der Waals surface area contributed by atoms with Crippen molar-refractivity contribution in [2.75, 3.05) is 36.3 Å². The highest BCUT2D eigenvalue weighted by Gasteiger charge is 2.25. The number of piperidine rings is 1. The molecule has 2 N–H and O–H groups in total. The maximum Gasteiger partial charge on any atom is 0.261 e. The van der Waals surface area contributed by atoms with E-state index in [0.29, 0.717) is 36.9 Å². The number of hydrogen-bond donors (Lipinski definition) is 2. The minimum atomic E-state index is -4.08. The normalized spacial score (nSPS) is 13.9. The van der Waals surface area contributed by atoms with Gasteiger partial charge in [-0.15, -0.1) is 0 Å². The molecule has 12 heteroatoms. The Bertz CT molecular complexity index is 1520. The number of methoxy groups -OCH3 is 1. The average molecular weight is 574 g/mol. The van der Waals surface area contributed by atoms with Crippen LogP contribution < -0.4 is 18.9 Å². The maximum absolute atomic E-state index is 13.1. The molecule has 1 heterocycles. The van der Waals surface area contributed by atoms with Gasteiger partial charge in [0.15, 0.2) is 0 Å². The van der Waals surface area contributed by atoms with Crippen LogP contribution in [0.25, 0.3) is 0 Å². The summed E-state index contributed by atoms with van der Waals surface area (Å²) < 4.78 is 67.4.